The molecule has 2 aromatic heterocycles. The number of halogens is 3. The molecule has 6 nitrogen and oxygen atoms in total. The van der Waals surface area contributed by atoms with E-state index in [0.717, 1.165) is 31.0 Å². The molecule has 3 heterocycles. The first-order chi connectivity index (χ1) is 11.5. The third-order valence-electron chi connectivity index (χ3n) is 3.76. The number of piperazine rings is 1. The van der Waals surface area contributed by atoms with Crippen LogP contribution in [0.2, 0.25) is 0 Å². The predicted molar refractivity (Wildman–Crippen MR) is 83.8 cm³/mol. The predicted octanol–water partition coefficient (Wildman–Crippen LogP) is 2.23. The topological polar surface area (TPSA) is 58.0 Å². The Kier molecular flexibility index (Phi) is 4.95. The van der Waals surface area contributed by atoms with Gasteiger partial charge in [0.1, 0.15) is 5.82 Å². The second-order valence-electron chi connectivity index (χ2n) is 5.47. The SMILES string of the molecule is CCc1nccc(CN2CCN(c3nnc(C(F)(F)F)s3)CC2)n1. The lowest BCUT2D eigenvalue weighted by atomic mass is 10.3. The van der Waals surface area contributed by atoms with Gasteiger partial charge in [0.25, 0.3) is 0 Å². The van der Waals surface area contributed by atoms with E-state index >= 15 is 0 Å². The summed E-state index contributed by atoms with van der Waals surface area (Å²) in [7, 11) is 0. The highest BCUT2D eigenvalue weighted by Crippen LogP contribution is 2.34. The number of hydrogen-bond acceptors (Lipinski definition) is 7. The molecule has 0 atom stereocenters. The molecule has 1 aliphatic rings. The maximum Gasteiger partial charge on any atom is 0.445 e. The third-order valence-corrected chi connectivity index (χ3v) is 4.79. The van der Waals surface area contributed by atoms with Gasteiger partial charge in [-0.05, 0) is 6.07 Å². The van der Waals surface area contributed by atoms with Crippen molar-refractivity contribution in [2.45, 2.75) is 26.1 Å². The number of hydrogen-bond donors (Lipinski definition) is 0. The summed E-state index contributed by atoms with van der Waals surface area (Å²) in [4.78, 5) is 12.7. The summed E-state index contributed by atoms with van der Waals surface area (Å²) in [5.74, 6) is 0.819. The van der Waals surface area contributed by atoms with Crippen LogP contribution in [0.25, 0.3) is 0 Å². The molecule has 3 rings (SSSR count). The smallest absolute Gasteiger partial charge is 0.344 e. The number of aromatic nitrogens is 4. The first kappa shape index (κ1) is 17.0. The first-order valence-electron chi connectivity index (χ1n) is 7.64. The Bertz CT molecular complexity index is 681. The molecule has 0 aliphatic carbocycles. The summed E-state index contributed by atoms with van der Waals surface area (Å²) in [6, 6.07) is 1.89. The first-order valence-corrected chi connectivity index (χ1v) is 8.46. The van der Waals surface area contributed by atoms with Gasteiger partial charge < -0.3 is 4.90 Å². The van der Waals surface area contributed by atoms with Crippen molar-refractivity contribution in [3.8, 4) is 0 Å². The van der Waals surface area contributed by atoms with Crippen LogP contribution in [0, 0.1) is 0 Å². The van der Waals surface area contributed by atoms with Crippen LogP contribution in [-0.4, -0.2) is 51.2 Å². The fourth-order valence-electron chi connectivity index (χ4n) is 2.48. The van der Waals surface area contributed by atoms with Crippen molar-refractivity contribution < 1.29 is 13.2 Å². The van der Waals surface area contributed by atoms with E-state index in [0.29, 0.717) is 36.1 Å². The molecule has 10 heteroatoms. The molecule has 0 N–H and O–H groups in total. The maximum atomic E-state index is 12.6. The van der Waals surface area contributed by atoms with Gasteiger partial charge in [-0.1, -0.05) is 18.3 Å². The zero-order chi connectivity index (χ0) is 17.2. The van der Waals surface area contributed by atoms with Crippen molar-refractivity contribution in [3.05, 3.63) is 28.8 Å². The summed E-state index contributed by atoms with van der Waals surface area (Å²) < 4.78 is 37.8. The van der Waals surface area contributed by atoms with Crippen molar-refractivity contribution in [3.63, 3.8) is 0 Å². The number of rotatable bonds is 4. The lowest BCUT2D eigenvalue weighted by Crippen LogP contribution is -2.46. The maximum absolute atomic E-state index is 12.6. The van der Waals surface area contributed by atoms with Crippen LogP contribution in [0.15, 0.2) is 12.3 Å². The zero-order valence-corrected chi connectivity index (χ0v) is 13.9. The fourth-order valence-corrected chi connectivity index (χ4v) is 3.25. The minimum Gasteiger partial charge on any atom is -0.344 e. The van der Waals surface area contributed by atoms with E-state index in [2.05, 4.69) is 25.1 Å². The molecule has 2 aromatic rings. The normalized spacial score (nSPS) is 16.6. The minimum absolute atomic E-state index is 0.331. The Morgan fingerprint density at radius 2 is 1.92 bits per heavy atom. The van der Waals surface area contributed by atoms with Crippen molar-refractivity contribution in [2.75, 3.05) is 31.1 Å². The van der Waals surface area contributed by atoms with E-state index in [9.17, 15) is 13.2 Å². The molecule has 0 spiro atoms. The van der Waals surface area contributed by atoms with E-state index in [4.69, 9.17) is 0 Å². The standard InChI is InChI=1S/C14H17F3N6S/c1-2-11-18-4-3-10(19-11)9-22-5-7-23(8-6-22)13-21-20-12(24-13)14(15,16)17/h3-4H,2,5-9H2,1H3. The average molecular weight is 358 g/mol. The average Bonchev–Trinajstić information content (AvgIpc) is 3.06. The van der Waals surface area contributed by atoms with Gasteiger partial charge in [0.2, 0.25) is 10.1 Å². The van der Waals surface area contributed by atoms with E-state index in [-0.39, 0.29) is 0 Å². The van der Waals surface area contributed by atoms with Gasteiger partial charge in [-0.2, -0.15) is 13.2 Å². The number of nitrogens with zero attached hydrogens (tertiary/aromatic N) is 6. The van der Waals surface area contributed by atoms with Crippen LogP contribution in [0.4, 0.5) is 18.3 Å². The molecule has 24 heavy (non-hydrogen) atoms. The quantitative estimate of drug-likeness (QED) is 0.835. The van der Waals surface area contributed by atoms with Crippen LogP contribution in [0.3, 0.4) is 0 Å². The van der Waals surface area contributed by atoms with Gasteiger partial charge >= 0.3 is 6.18 Å². The van der Waals surface area contributed by atoms with Crippen molar-refractivity contribution in [2.24, 2.45) is 0 Å². The highest BCUT2D eigenvalue weighted by Gasteiger charge is 2.36. The molecule has 0 radical (unpaired) electrons. The molecule has 1 fully saturated rings. The molecule has 130 valence electrons. The molecular formula is C14H17F3N6S. The van der Waals surface area contributed by atoms with Gasteiger partial charge in [-0.15, -0.1) is 10.2 Å². The number of alkyl halides is 3. The molecule has 0 unspecified atom stereocenters. The second-order valence-corrected chi connectivity index (χ2v) is 6.42. The fraction of sp³-hybridized carbons (Fsp3) is 0.571. The van der Waals surface area contributed by atoms with Gasteiger partial charge in [0, 0.05) is 45.3 Å². The summed E-state index contributed by atoms with van der Waals surface area (Å²) in [6.07, 6.45) is -1.88. The number of anilines is 1. The molecule has 1 aliphatic heterocycles. The minimum atomic E-state index is -4.43. The van der Waals surface area contributed by atoms with E-state index in [1.54, 1.807) is 6.20 Å². The second kappa shape index (κ2) is 6.98. The van der Waals surface area contributed by atoms with Crippen molar-refractivity contribution in [1.29, 1.82) is 0 Å². The van der Waals surface area contributed by atoms with Gasteiger partial charge in [-0.3, -0.25) is 4.90 Å². The Morgan fingerprint density at radius 1 is 1.17 bits per heavy atom. The van der Waals surface area contributed by atoms with Gasteiger partial charge in [0.05, 0.1) is 5.69 Å². The molecule has 0 aromatic carbocycles. The molecule has 0 bridgehead atoms. The van der Waals surface area contributed by atoms with Gasteiger partial charge in [0.15, 0.2) is 0 Å². The zero-order valence-electron chi connectivity index (χ0n) is 13.1. The Hall–Kier alpha value is -1.81. The summed E-state index contributed by atoms with van der Waals surface area (Å²) in [6.45, 7) is 5.46. The highest BCUT2D eigenvalue weighted by atomic mass is 32.1. The molecular weight excluding hydrogens is 341 g/mol. The molecule has 1 saturated heterocycles. The lowest BCUT2D eigenvalue weighted by molar-refractivity contribution is -0.138. The van der Waals surface area contributed by atoms with E-state index in [1.807, 2.05) is 17.9 Å². The van der Waals surface area contributed by atoms with Crippen LogP contribution in [0.5, 0.6) is 0 Å². The Balaban J connectivity index is 1.56. The van der Waals surface area contributed by atoms with E-state index < -0.39 is 11.2 Å². The van der Waals surface area contributed by atoms with Crippen LogP contribution < -0.4 is 4.90 Å². The largest absolute Gasteiger partial charge is 0.445 e. The third kappa shape index (κ3) is 3.99. The Morgan fingerprint density at radius 3 is 2.54 bits per heavy atom. The summed E-state index contributed by atoms with van der Waals surface area (Å²) >= 11 is 0.596. The van der Waals surface area contributed by atoms with Crippen LogP contribution in [-0.2, 0) is 19.1 Å². The van der Waals surface area contributed by atoms with Crippen LogP contribution in [0.1, 0.15) is 23.4 Å². The number of aryl methyl sites for hydroxylation is 1. The van der Waals surface area contributed by atoms with Crippen molar-refractivity contribution >= 4 is 16.5 Å². The summed E-state index contributed by atoms with van der Waals surface area (Å²) in [5, 5.41) is 6.35. The molecule has 0 saturated carbocycles. The highest BCUT2D eigenvalue weighted by molar-refractivity contribution is 7.15. The van der Waals surface area contributed by atoms with Crippen LogP contribution >= 0.6 is 11.3 Å². The monoisotopic (exact) mass is 358 g/mol. The lowest BCUT2D eigenvalue weighted by Gasteiger charge is -2.34. The molecule has 0 amide bonds. The van der Waals surface area contributed by atoms with Crippen molar-refractivity contribution in [1.82, 2.24) is 25.1 Å². The van der Waals surface area contributed by atoms with E-state index in [1.165, 1.54) is 0 Å². The summed E-state index contributed by atoms with van der Waals surface area (Å²) in [5.41, 5.74) is 0.963. The van der Waals surface area contributed by atoms with Gasteiger partial charge in [-0.25, -0.2) is 9.97 Å². The Labute approximate surface area is 141 Å².